The molecular formula is C20H27N5O2. The summed E-state index contributed by atoms with van der Waals surface area (Å²) >= 11 is 0. The number of hydrogen-bond donors (Lipinski definition) is 1. The summed E-state index contributed by atoms with van der Waals surface area (Å²) in [5, 5.41) is 3.40. The third-order valence-electron chi connectivity index (χ3n) is 4.65. The molecule has 1 amide bonds. The lowest BCUT2D eigenvalue weighted by atomic mass is 10.1. The van der Waals surface area contributed by atoms with Gasteiger partial charge >= 0.3 is 6.09 Å². The molecule has 0 atom stereocenters. The minimum atomic E-state index is -0.225. The number of ether oxygens (including phenoxy) is 1. The second kappa shape index (κ2) is 9.21. The zero-order valence-electron chi connectivity index (χ0n) is 16.0. The molecule has 2 heterocycles. The van der Waals surface area contributed by atoms with E-state index in [1.807, 2.05) is 38.2 Å². The van der Waals surface area contributed by atoms with Gasteiger partial charge in [0.15, 0.2) is 0 Å². The average molecular weight is 369 g/mol. The van der Waals surface area contributed by atoms with Crippen LogP contribution in [0.25, 0.3) is 0 Å². The van der Waals surface area contributed by atoms with E-state index in [2.05, 4.69) is 32.3 Å². The van der Waals surface area contributed by atoms with Crippen molar-refractivity contribution in [2.75, 3.05) is 37.0 Å². The highest BCUT2D eigenvalue weighted by molar-refractivity contribution is 5.67. The van der Waals surface area contributed by atoms with E-state index in [0.29, 0.717) is 25.6 Å². The van der Waals surface area contributed by atoms with Crippen LogP contribution in [0, 0.1) is 0 Å². The van der Waals surface area contributed by atoms with Crippen molar-refractivity contribution in [2.24, 2.45) is 0 Å². The van der Waals surface area contributed by atoms with Crippen molar-refractivity contribution in [3.63, 3.8) is 0 Å². The van der Waals surface area contributed by atoms with Gasteiger partial charge in [0, 0.05) is 38.9 Å². The molecule has 0 spiro atoms. The first-order valence-corrected chi connectivity index (χ1v) is 9.42. The SMILES string of the molecule is CCOC(=O)N1CCC(Nc2nccc(N(C)Cc3ccccc3)n2)CC1. The van der Waals surface area contributed by atoms with E-state index < -0.39 is 0 Å². The van der Waals surface area contributed by atoms with Crippen molar-refractivity contribution in [1.82, 2.24) is 14.9 Å². The molecular weight excluding hydrogens is 342 g/mol. The van der Waals surface area contributed by atoms with Crippen molar-refractivity contribution in [2.45, 2.75) is 32.4 Å². The Morgan fingerprint density at radius 2 is 2.00 bits per heavy atom. The highest BCUT2D eigenvalue weighted by Gasteiger charge is 2.24. The first-order chi connectivity index (χ1) is 13.2. The van der Waals surface area contributed by atoms with Crippen LogP contribution in [0.15, 0.2) is 42.6 Å². The maximum Gasteiger partial charge on any atom is 0.409 e. The van der Waals surface area contributed by atoms with Crippen LogP contribution < -0.4 is 10.2 Å². The third kappa shape index (κ3) is 5.32. The second-order valence-electron chi connectivity index (χ2n) is 6.68. The topological polar surface area (TPSA) is 70.6 Å². The van der Waals surface area contributed by atoms with Crippen LogP contribution >= 0.6 is 0 Å². The molecule has 1 N–H and O–H groups in total. The van der Waals surface area contributed by atoms with E-state index in [1.54, 1.807) is 11.1 Å². The molecule has 7 nitrogen and oxygen atoms in total. The molecule has 0 radical (unpaired) electrons. The summed E-state index contributed by atoms with van der Waals surface area (Å²) in [5.41, 5.74) is 1.24. The molecule has 1 aromatic carbocycles. The molecule has 1 aliphatic rings. The third-order valence-corrected chi connectivity index (χ3v) is 4.65. The zero-order chi connectivity index (χ0) is 19.1. The Morgan fingerprint density at radius 3 is 2.70 bits per heavy atom. The Morgan fingerprint density at radius 1 is 1.26 bits per heavy atom. The smallest absolute Gasteiger partial charge is 0.409 e. The van der Waals surface area contributed by atoms with Crippen molar-refractivity contribution in [3.05, 3.63) is 48.2 Å². The molecule has 0 bridgehead atoms. The minimum absolute atomic E-state index is 0.225. The molecule has 0 unspecified atom stereocenters. The standard InChI is InChI=1S/C20H27N5O2/c1-3-27-20(26)25-13-10-17(11-14-25)22-19-21-12-9-18(23-19)24(2)15-16-7-5-4-6-8-16/h4-9,12,17H,3,10-11,13-15H2,1-2H3,(H,21,22,23). The number of aromatic nitrogens is 2. The summed E-state index contributed by atoms with van der Waals surface area (Å²) in [6.45, 7) is 4.39. The van der Waals surface area contributed by atoms with Crippen LogP contribution in [0.5, 0.6) is 0 Å². The summed E-state index contributed by atoms with van der Waals surface area (Å²) < 4.78 is 5.06. The molecule has 0 aliphatic carbocycles. The lowest BCUT2D eigenvalue weighted by Gasteiger charge is -2.31. The fraction of sp³-hybridized carbons (Fsp3) is 0.450. The number of nitrogens with zero attached hydrogens (tertiary/aromatic N) is 4. The second-order valence-corrected chi connectivity index (χ2v) is 6.68. The highest BCUT2D eigenvalue weighted by atomic mass is 16.6. The van der Waals surface area contributed by atoms with Gasteiger partial charge in [0.25, 0.3) is 0 Å². The van der Waals surface area contributed by atoms with Crippen LogP contribution in [0.2, 0.25) is 0 Å². The van der Waals surface area contributed by atoms with Crippen molar-refractivity contribution < 1.29 is 9.53 Å². The van der Waals surface area contributed by atoms with E-state index in [1.165, 1.54) is 5.56 Å². The van der Waals surface area contributed by atoms with Gasteiger partial charge in [-0.3, -0.25) is 0 Å². The number of nitrogens with one attached hydrogen (secondary N) is 1. The number of benzene rings is 1. The quantitative estimate of drug-likeness (QED) is 0.843. The predicted molar refractivity (Wildman–Crippen MR) is 106 cm³/mol. The number of amides is 1. The molecule has 1 aliphatic heterocycles. The van der Waals surface area contributed by atoms with Gasteiger partial charge in [-0.15, -0.1) is 0 Å². The molecule has 1 saturated heterocycles. The molecule has 3 rings (SSSR count). The maximum absolute atomic E-state index is 11.8. The number of hydrogen-bond acceptors (Lipinski definition) is 6. The Kier molecular flexibility index (Phi) is 6.46. The summed E-state index contributed by atoms with van der Waals surface area (Å²) in [4.78, 5) is 24.6. The van der Waals surface area contributed by atoms with Crippen LogP contribution in [0.1, 0.15) is 25.3 Å². The molecule has 144 valence electrons. The van der Waals surface area contributed by atoms with Crippen molar-refractivity contribution >= 4 is 17.9 Å². The summed E-state index contributed by atoms with van der Waals surface area (Å²) in [5.74, 6) is 1.50. The first-order valence-electron chi connectivity index (χ1n) is 9.42. The summed E-state index contributed by atoms with van der Waals surface area (Å²) in [6, 6.07) is 12.5. The first kappa shape index (κ1) is 18.9. The van der Waals surface area contributed by atoms with Gasteiger partial charge in [0.2, 0.25) is 5.95 Å². The summed E-state index contributed by atoms with van der Waals surface area (Å²) in [6.07, 6.45) is 3.26. The van der Waals surface area contributed by atoms with Crippen molar-refractivity contribution in [3.8, 4) is 0 Å². The Bertz CT molecular complexity index is 732. The van der Waals surface area contributed by atoms with Crippen LogP contribution in [-0.2, 0) is 11.3 Å². The van der Waals surface area contributed by atoms with E-state index in [9.17, 15) is 4.79 Å². The maximum atomic E-state index is 11.8. The number of rotatable bonds is 6. The molecule has 2 aromatic rings. The molecule has 7 heteroatoms. The lowest BCUT2D eigenvalue weighted by Crippen LogP contribution is -2.42. The van der Waals surface area contributed by atoms with Gasteiger partial charge in [-0.05, 0) is 31.4 Å². The van der Waals surface area contributed by atoms with Gasteiger partial charge in [-0.25, -0.2) is 9.78 Å². The lowest BCUT2D eigenvalue weighted by molar-refractivity contribution is 0.0983. The Hall–Kier alpha value is -2.83. The van der Waals surface area contributed by atoms with Gasteiger partial charge < -0.3 is 19.9 Å². The van der Waals surface area contributed by atoms with Gasteiger partial charge in [0.1, 0.15) is 5.82 Å². The number of piperidine rings is 1. The van der Waals surface area contributed by atoms with Crippen LogP contribution in [0.4, 0.5) is 16.6 Å². The summed E-state index contributed by atoms with van der Waals surface area (Å²) in [7, 11) is 2.02. The monoisotopic (exact) mass is 369 g/mol. The fourth-order valence-electron chi connectivity index (χ4n) is 3.17. The predicted octanol–water partition coefficient (Wildman–Crippen LogP) is 3.15. The molecule has 1 aromatic heterocycles. The molecule has 0 saturated carbocycles. The highest BCUT2D eigenvalue weighted by Crippen LogP contribution is 2.18. The number of likely N-dealkylation sites (tertiary alicyclic amines) is 1. The van der Waals surface area contributed by atoms with Gasteiger partial charge in [0.05, 0.1) is 6.61 Å². The van der Waals surface area contributed by atoms with Crippen molar-refractivity contribution in [1.29, 1.82) is 0 Å². The average Bonchev–Trinajstić information content (AvgIpc) is 2.70. The Balaban J connectivity index is 1.54. The Labute approximate surface area is 160 Å². The van der Waals surface area contributed by atoms with E-state index in [-0.39, 0.29) is 12.1 Å². The van der Waals surface area contributed by atoms with Crippen LogP contribution in [0.3, 0.4) is 0 Å². The zero-order valence-corrected chi connectivity index (χ0v) is 16.0. The largest absolute Gasteiger partial charge is 0.450 e. The normalized spacial score (nSPS) is 14.7. The molecule has 1 fully saturated rings. The van der Waals surface area contributed by atoms with Gasteiger partial charge in [-0.1, -0.05) is 30.3 Å². The fourth-order valence-corrected chi connectivity index (χ4v) is 3.17. The van der Waals surface area contributed by atoms with Crippen LogP contribution in [-0.4, -0.2) is 53.7 Å². The number of anilines is 2. The number of carbonyl (C=O) groups is 1. The van der Waals surface area contributed by atoms with Gasteiger partial charge in [-0.2, -0.15) is 4.98 Å². The van der Waals surface area contributed by atoms with E-state index >= 15 is 0 Å². The minimum Gasteiger partial charge on any atom is -0.450 e. The molecule has 27 heavy (non-hydrogen) atoms. The number of carbonyl (C=O) groups excluding carboxylic acids is 1. The van der Waals surface area contributed by atoms with E-state index in [4.69, 9.17) is 4.74 Å². The van der Waals surface area contributed by atoms with E-state index in [0.717, 1.165) is 25.2 Å².